The molecule has 0 unspecified atom stereocenters. The molecule has 18 heavy (non-hydrogen) atoms. The average molecular weight is 244 g/mol. The molecule has 0 atom stereocenters. The molecule has 3 rings (SSSR count). The number of anilines is 1. The molecule has 1 aliphatic carbocycles. The van der Waals surface area contributed by atoms with Crippen molar-refractivity contribution in [3.05, 3.63) is 29.3 Å². The summed E-state index contributed by atoms with van der Waals surface area (Å²) in [6.45, 7) is 5.81. The van der Waals surface area contributed by atoms with E-state index in [9.17, 15) is 0 Å². The Balaban J connectivity index is 1.72. The summed E-state index contributed by atoms with van der Waals surface area (Å²) in [5.41, 5.74) is 4.45. The molecule has 1 aliphatic heterocycles. The molecule has 2 nitrogen and oxygen atoms in total. The zero-order valence-corrected chi connectivity index (χ0v) is 11.4. The van der Waals surface area contributed by atoms with Crippen LogP contribution in [-0.4, -0.2) is 24.0 Å². The van der Waals surface area contributed by atoms with Crippen molar-refractivity contribution in [2.24, 2.45) is 0 Å². The van der Waals surface area contributed by atoms with Gasteiger partial charge in [0.1, 0.15) is 0 Å². The lowest BCUT2D eigenvalue weighted by Gasteiger charge is -2.23. The van der Waals surface area contributed by atoms with Gasteiger partial charge in [0.2, 0.25) is 0 Å². The molecule has 1 heterocycles. The molecule has 0 saturated heterocycles. The molecule has 1 fully saturated rings. The van der Waals surface area contributed by atoms with Crippen molar-refractivity contribution in [1.29, 1.82) is 0 Å². The summed E-state index contributed by atoms with van der Waals surface area (Å²) >= 11 is 0. The summed E-state index contributed by atoms with van der Waals surface area (Å²) in [5.74, 6) is 0. The number of nitrogens with one attached hydrogen (secondary N) is 1. The molecule has 2 aliphatic rings. The van der Waals surface area contributed by atoms with Gasteiger partial charge in [-0.1, -0.05) is 31.5 Å². The van der Waals surface area contributed by atoms with Gasteiger partial charge >= 0.3 is 0 Å². The molecule has 2 heteroatoms. The van der Waals surface area contributed by atoms with E-state index in [0.717, 1.165) is 19.1 Å². The second kappa shape index (κ2) is 5.31. The maximum Gasteiger partial charge on any atom is 0.0419 e. The Bertz CT molecular complexity index is 410. The lowest BCUT2D eigenvalue weighted by molar-refractivity contribution is 0.251. The Morgan fingerprint density at radius 2 is 2.22 bits per heavy atom. The fourth-order valence-corrected chi connectivity index (χ4v) is 2.95. The van der Waals surface area contributed by atoms with Crippen LogP contribution in [0, 0.1) is 0 Å². The lowest BCUT2D eigenvalue weighted by Crippen LogP contribution is -2.27. The topological polar surface area (TPSA) is 15.3 Å². The highest BCUT2D eigenvalue weighted by atomic mass is 15.2. The molecule has 0 aromatic heterocycles. The monoisotopic (exact) mass is 244 g/mol. The van der Waals surface area contributed by atoms with E-state index < -0.39 is 0 Å². The fourth-order valence-electron chi connectivity index (χ4n) is 2.95. The van der Waals surface area contributed by atoms with Crippen LogP contribution in [0.5, 0.6) is 0 Å². The largest absolute Gasteiger partial charge is 0.384 e. The number of nitrogens with zero attached hydrogens (tertiary/aromatic N) is 1. The van der Waals surface area contributed by atoms with Crippen molar-refractivity contribution in [3.63, 3.8) is 0 Å². The third-order valence-corrected chi connectivity index (χ3v) is 4.17. The van der Waals surface area contributed by atoms with E-state index in [1.807, 2.05) is 0 Å². The zero-order valence-electron chi connectivity index (χ0n) is 11.4. The van der Waals surface area contributed by atoms with Crippen molar-refractivity contribution < 1.29 is 0 Å². The van der Waals surface area contributed by atoms with Crippen LogP contribution in [0.15, 0.2) is 18.2 Å². The Morgan fingerprint density at radius 3 is 3.00 bits per heavy atom. The first-order valence-corrected chi connectivity index (χ1v) is 7.47. The Hall–Kier alpha value is -1.02. The third kappa shape index (κ3) is 2.54. The molecule has 98 valence electrons. The van der Waals surface area contributed by atoms with E-state index in [0.29, 0.717) is 0 Å². The maximum atomic E-state index is 3.56. The van der Waals surface area contributed by atoms with E-state index in [2.05, 4.69) is 35.3 Å². The minimum absolute atomic E-state index is 0.869. The zero-order chi connectivity index (χ0) is 12.4. The first-order valence-electron chi connectivity index (χ1n) is 7.47. The van der Waals surface area contributed by atoms with Gasteiger partial charge in [-0.2, -0.15) is 0 Å². The van der Waals surface area contributed by atoms with Crippen LogP contribution < -0.4 is 5.32 Å². The molecular formula is C16H24N2. The van der Waals surface area contributed by atoms with Crippen molar-refractivity contribution in [3.8, 4) is 0 Å². The van der Waals surface area contributed by atoms with Gasteiger partial charge in [-0.15, -0.1) is 0 Å². The van der Waals surface area contributed by atoms with Gasteiger partial charge in [0.25, 0.3) is 0 Å². The van der Waals surface area contributed by atoms with Gasteiger partial charge in [0, 0.05) is 24.8 Å². The highest BCUT2D eigenvalue weighted by Crippen LogP contribution is 2.32. The van der Waals surface area contributed by atoms with Gasteiger partial charge in [-0.05, 0) is 43.4 Å². The Labute approximate surface area is 110 Å². The van der Waals surface area contributed by atoms with E-state index in [-0.39, 0.29) is 0 Å². The number of hydrogen-bond donors (Lipinski definition) is 1. The van der Waals surface area contributed by atoms with Gasteiger partial charge in [0.15, 0.2) is 0 Å². The molecule has 0 amide bonds. The van der Waals surface area contributed by atoms with E-state index in [4.69, 9.17) is 0 Å². The molecule has 1 saturated carbocycles. The van der Waals surface area contributed by atoms with Gasteiger partial charge in [-0.3, -0.25) is 4.90 Å². The van der Waals surface area contributed by atoms with Crippen molar-refractivity contribution >= 4 is 5.69 Å². The summed E-state index contributed by atoms with van der Waals surface area (Å²) in [4.78, 5) is 2.69. The third-order valence-electron chi connectivity index (χ3n) is 4.17. The van der Waals surface area contributed by atoms with Gasteiger partial charge < -0.3 is 5.32 Å². The fraction of sp³-hybridized carbons (Fsp3) is 0.625. The summed E-state index contributed by atoms with van der Waals surface area (Å²) in [5, 5.41) is 3.56. The normalized spacial score (nSPS) is 17.9. The van der Waals surface area contributed by atoms with Crippen molar-refractivity contribution in [2.75, 3.05) is 18.4 Å². The van der Waals surface area contributed by atoms with Crippen LogP contribution >= 0.6 is 0 Å². The smallest absolute Gasteiger partial charge is 0.0419 e. The molecular weight excluding hydrogens is 220 g/mol. The highest BCUT2D eigenvalue weighted by Gasteiger charge is 2.29. The van der Waals surface area contributed by atoms with Crippen molar-refractivity contribution in [1.82, 2.24) is 4.90 Å². The molecule has 1 aromatic carbocycles. The van der Waals surface area contributed by atoms with Crippen LogP contribution in [0.4, 0.5) is 5.69 Å². The highest BCUT2D eigenvalue weighted by molar-refractivity contribution is 5.61. The van der Waals surface area contributed by atoms with E-state index >= 15 is 0 Å². The average Bonchev–Trinajstić information content (AvgIpc) is 3.12. The first kappa shape index (κ1) is 12.0. The number of benzene rings is 1. The first-order chi connectivity index (χ1) is 8.88. The predicted octanol–water partition coefficient (Wildman–Crippen LogP) is 3.42. The minimum Gasteiger partial charge on any atom is -0.384 e. The van der Waals surface area contributed by atoms with Crippen LogP contribution in [0.3, 0.4) is 0 Å². The Morgan fingerprint density at radius 1 is 1.33 bits per heavy atom. The summed E-state index contributed by atoms with van der Waals surface area (Å²) in [7, 11) is 0. The number of unbranched alkanes of at least 4 members (excludes halogenated alkanes) is 1. The van der Waals surface area contributed by atoms with E-state index in [1.54, 1.807) is 0 Å². The molecule has 0 bridgehead atoms. The van der Waals surface area contributed by atoms with Gasteiger partial charge in [0.05, 0.1) is 0 Å². The summed E-state index contributed by atoms with van der Waals surface area (Å²) in [6.07, 6.45) is 6.65. The summed E-state index contributed by atoms with van der Waals surface area (Å²) in [6, 6.07) is 7.67. The molecule has 0 spiro atoms. The van der Waals surface area contributed by atoms with Crippen LogP contribution in [0.25, 0.3) is 0 Å². The van der Waals surface area contributed by atoms with Gasteiger partial charge in [-0.25, -0.2) is 0 Å². The van der Waals surface area contributed by atoms with Crippen LogP contribution in [0.1, 0.15) is 43.7 Å². The second-order valence-electron chi connectivity index (χ2n) is 5.68. The SMILES string of the molecule is CCCCN(Cc1cccc2c1NCC2)C1CC1. The molecule has 0 radical (unpaired) electrons. The van der Waals surface area contributed by atoms with Crippen LogP contribution in [0.2, 0.25) is 0 Å². The number of rotatable bonds is 6. The second-order valence-corrected chi connectivity index (χ2v) is 5.68. The number of hydrogen-bond acceptors (Lipinski definition) is 2. The van der Waals surface area contributed by atoms with Crippen molar-refractivity contribution in [2.45, 2.75) is 51.6 Å². The Kier molecular flexibility index (Phi) is 3.55. The molecule has 1 aromatic rings. The lowest BCUT2D eigenvalue weighted by atomic mass is 10.1. The quantitative estimate of drug-likeness (QED) is 0.825. The standard InChI is InChI=1S/C16H24N2/c1-2-3-11-18(15-7-8-15)12-14-6-4-5-13-9-10-17-16(13)14/h4-6,15,17H,2-3,7-12H2,1H3. The van der Waals surface area contributed by atoms with E-state index in [1.165, 1.54) is 55.5 Å². The predicted molar refractivity (Wildman–Crippen MR) is 77.0 cm³/mol. The number of fused-ring (bicyclic) bond motifs is 1. The molecule has 1 N–H and O–H groups in total. The van der Waals surface area contributed by atoms with Crippen LogP contribution in [-0.2, 0) is 13.0 Å². The minimum atomic E-state index is 0.869. The number of para-hydroxylation sites is 1. The summed E-state index contributed by atoms with van der Waals surface area (Å²) < 4.78 is 0. The maximum absolute atomic E-state index is 3.56.